The molecule has 0 fully saturated rings. The molecule has 0 saturated heterocycles. The number of anilines is 2. The lowest BCUT2D eigenvalue weighted by Crippen LogP contribution is -2.11. The maximum atomic E-state index is 11.4. The van der Waals surface area contributed by atoms with E-state index < -0.39 is 0 Å². The SMILES string of the molecule is O=Cc1ccc2ccccc2c1N(N=O)c1ccccc1O. The lowest BCUT2D eigenvalue weighted by molar-refractivity contribution is 0.112. The van der Waals surface area contributed by atoms with Crippen LogP contribution in [0.25, 0.3) is 10.8 Å². The summed E-state index contributed by atoms with van der Waals surface area (Å²) >= 11 is 0. The molecule has 3 rings (SSSR count). The highest BCUT2D eigenvalue weighted by Gasteiger charge is 2.19. The third-order valence-corrected chi connectivity index (χ3v) is 3.46. The number of aldehydes is 1. The van der Waals surface area contributed by atoms with Crippen LogP contribution in [0.1, 0.15) is 10.4 Å². The number of phenolic OH excluding ortho intramolecular Hbond substituents is 1. The van der Waals surface area contributed by atoms with E-state index in [9.17, 15) is 14.8 Å². The van der Waals surface area contributed by atoms with Crippen molar-refractivity contribution in [3.05, 3.63) is 71.1 Å². The molecule has 0 heterocycles. The van der Waals surface area contributed by atoms with Gasteiger partial charge in [0.15, 0.2) is 6.29 Å². The lowest BCUT2D eigenvalue weighted by atomic mass is 10.0. The summed E-state index contributed by atoms with van der Waals surface area (Å²) in [5.41, 5.74) is 0.892. The Bertz CT molecular complexity index is 861. The molecule has 5 heteroatoms. The van der Waals surface area contributed by atoms with Crippen molar-refractivity contribution in [2.45, 2.75) is 0 Å². The number of fused-ring (bicyclic) bond motifs is 1. The van der Waals surface area contributed by atoms with Crippen LogP contribution in [0, 0.1) is 4.91 Å². The molecule has 0 radical (unpaired) electrons. The monoisotopic (exact) mass is 292 g/mol. The van der Waals surface area contributed by atoms with E-state index in [1.54, 1.807) is 36.4 Å². The first-order valence-electron chi connectivity index (χ1n) is 6.64. The number of para-hydroxylation sites is 2. The van der Waals surface area contributed by atoms with Gasteiger partial charge in [-0.2, -0.15) is 5.01 Å². The Labute approximate surface area is 126 Å². The van der Waals surface area contributed by atoms with Crippen molar-refractivity contribution in [3.8, 4) is 5.75 Å². The summed E-state index contributed by atoms with van der Waals surface area (Å²) in [6, 6.07) is 17.1. The third-order valence-electron chi connectivity index (χ3n) is 3.46. The highest BCUT2D eigenvalue weighted by molar-refractivity contribution is 6.04. The maximum absolute atomic E-state index is 11.4. The highest BCUT2D eigenvalue weighted by Crippen LogP contribution is 2.38. The zero-order valence-corrected chi connectivity index (χ0v) is 11.5. The summed E-state index contributed by atoms with van der Waals surface area (Å²) < 4.78 is 0. The van der Waals surface area contributed by atoms with Crippen molar-refractivity contribution in [2.75, 3.05) is 5.01 Å². The lowest BCUT2D eigenvalue weighted by Gasteiger charge is -2.20. The van der Waals surface area contributed by atoms with Crippen LogP contribution in [0.15, 0.2) is 65.9 Å². The van der Waals surface area contributed by atoms with Gasteiger partial charge in [0, 0.05) is 10.9 Å². The van der Waals surface area contributed by atoms with E-state index >= 15 is 0 Å². The maximum Gasteiger partial charge on any atom is 0.152 e. The molecule has 3 aromatic rings. The average Bonchev–Trinajstić information content (AvgIpc) is 2.57. The zero-order valence-electron chi connectivity index (χ0n) is 11.5. The second-order valence-electron chi connectivity index (χ2n) is 4.72. The standard InChI is InChI=1S/C17H12N2O3/c20-11-13-10-9-12-5-1-2-6-14(12)17(13)19(18-22)15-7-3-4-8-16(15)21/h1-11,21H. The molecule has 0 saturated carbocycles. The van der Waals surface area contributed by atoms with Gasteiger partial charge in [-0.15, -0.1) is 4.91 Å². The highest BCUT2D eigenvalue weighted by atomic mass is 16.3. The Morgan fingerprint density at radius 1 is 0.955 bits per heavy atom. The van der Waals surface area contributed by atoms with E-state index in [-0.39, 0.29) is 11.4 Å². The van der Waals surface area contributed by atoms with Crippen LogP contribution < -0.4 is 5.01 Å². The Morgan fingerprint density at radius 3 is 2.41 bits per heavy atom. The predicted octanol–water partition coefficient (Wildman–Crippen LogP) is 4.18. The van der Waals surface area contributed by atoms with E-state index in [4.69, 9.17) is 0 Å². The molecular formula is C17H12N2O3. The Morgan fingerprint density at radius 2 is 1.68 bits per heavy atom. The van der Waals surface area contributed by atoms with Crippen molar-refractivity contribution in [1.82, 2.24) is 0 Å². The number of rotatable bonds is 4. The summed E-state index contributed by atoms with van der Waals surface area (Å²) in [5, 5.41) is 15.6. The van der Waals surface area contributed by atoms with Gasteiger partial charge < -0.3 is 5.11 Å². The first-order valence-corrected chi connectivity index (χ1v) is 6.64. The molecule has 0 amide bonds. The molecule has 1 N–H and O–H groups in total. The number of carbonyl (C=O) groups is 1. The molecule has 108 valence electrons. The molecule has 0 atom stereocenters. The number of nitrogens with zero attached hydrogens (tertiary/aromatic N) is 2. The van der Waals surface area contributed by atoms with Crippen LogP contribution in [-0.4, -0.2) is 11.4 Å². The number of carbonyl (C=O) groups excluding carboxylic acids is 1. The quantitative estimate of drug-likeness (QED) is 0.445. The summed E-state index contributed by atoms with van der Waals surface area (Å²) in [5.74, 6) is -0.0908. The number of hydrogen-bond acceptors (Lipinski definition) is 4. The molecule has 22 heavy (non-hydrogen) atoms. The van der Waals surface area contributed by atoms with E-state index in [2.05, 4.69) is 5.29 Å². The van der Waals surface area contributed by atoms with Gasteiger partial charge in [0.2, 0.25) is 0 Å². The van der Waals surface area contributed by atoms with Gasteiger partial charge in [-0.1, -0.05) is 42.5 Å². The topological polar surface area (TPSA) is 70.0 Å². The van der Waals surface area contributed by atoms with Crippen molar-refractivity contribution < 1.29 is 9.90 Å². The van der Waals surface area contributed by atoms with Crippen LogP contribution >= 0.6 is 0 Å². The van der Waals surface area contributed by atoms with E-state index in [0.717, 1.165) is 10.4 Å². The van der Waals surface area contributed by atoms with Gasteiger partial charge in [-0.25, -0.2) is 0 Å². The average molecular weight is 292 g/mol. The first-order chi connectivity index (χ1) is 10.8. The fourth-order valence-corrected chi connectivity index (χ4v) is 2.45. The smallest absolute Gasteiger partial charge is 0.152 e. The minimum Gasteiger partial charge on any atom is -0.506 e. The summed E-state index contributed by atoms with van der Waals surface area (Å²) in [6.45, 7) is 0. The number of phenols is 1. The summed E-state index contributed by atoms with van der Waals surface area (Å²) in [7, 11) is 0. The molecule has 0 aliphatic rings. The second-order valence-corrected chi connectivity index (χ2v) is 4.72. The van der Waals surface area contributed by atoms with Gasteiger partial charge >= 0.3 is 0 Å². The van der Waals surface area contributed by atoms with Gasteiger partial charge in [-0.3, -0.25) is 4.79 Å². The molecule has 5 nitrogen and oxygen atoms in total. The number of hydrogen-bond donors (Lipinski definition) is 1. The van der Waals surface area contributed by atoms with Crippen LogP contribution in [0.3, 0.4) is 0 Å². The van der Waals surface area contributed by atoms with Crippen LogP contribution in [0.4, 0.5) is 11.4 Å². The molecular weight excluding hydrogens is 280 g/mol. The number of aromatic hydroxyl groups is 1. The van der Waals surface area contributed by atoms with Crippen molar-refractivity contribution in [3.63, 3.8) is 0 Å². The van der Waals surface area contributed by atoms with E-state index in [1.807, 2.05) is 18.2 Å². The van der Waals surface area contributed by atoms with Crippen LogP contribution in [0.5, 0.6) is 5.75 Å². The first kappa shape index (κ1) is 13.8. The molecule has 0 spiro atoms. The van der Waals surface area contributed by atoms with Gasteiger partial charge in [0.05, 0.1) is 11.0 Å². The Kier molecular flexibility index (Phi) is 3.53. The summed E-state index contributed by atoms with van der Waals surface area (Å²) in [6.07, 6.45) is 0.667. The van der Waals surface area contributed by atoms with Crippen molar-refractivity contribution in [2.24, 2.45) is 5.29 Å². The van der Waals surface area contributed by atoms with Crippen LogP contribution in [0.2, 0.25) is 0 Å². The summed E-state index contributed by atoms with van der Waals surface area (Å²) in [4.78, 5) is 22.8. The Balaban J connectivity index is 2.33. The third kappa shape index (κ3) is 2.18. The van der Waals surface area contributed by atoms with Gasteiger partial charge in [0.25, 0.3) is 0 Å². The fraction of sp³-hybridized carbons (Fsp3) is 0. The molecule has 0 aliphatic heterocycles. The number of nitroso groups, excluding NO2 is 1. The van der Waals surface area contributed by atoms with Gasteiger partial charge in [-0.05, 0) is 23.6 Å². The molecule has 0 unspecified atom stereocenters. The van der Waals surface area contributed by atoms with E-state index in [1.165, 1.54) is 6.07 Å². The number of benzene rings is 3. The molecule has 3 aromatic carbocycles. The van der Waals surface area contributed by atoms with Crippen molar-refractivity contribution in [1.29, 1.82) is 0 Å². The second kappa shape index (κ2) is 5.65. The minimum atomic E-state index is -0.0908. The minimum absolute atomic E-state index is 0.0908. The van der Waals surface area contributed by atoms with Gasteiger partial charge in [0.1, 0.15) is 11.4 Å². The zero-order chi connectivity index (χ0) is 15.5. The molecule has 0 aliphatic carbocycles. The van der Waals surface area contributed by atoms with Crippen LogP contribution in [-0.2, 0) is 0 Å². The fourth-order valence-electron chi connectivity index (χ4n) is 2.45. The normalized spacial score (nSPS) is 10.4. The molecule has 0 aromatic heterocycles. The van der Waals surface area contributed by atoms with E-state index in [0.29, 0.717) is 22.9 Å². The Hall–Kier alpha value is -3.21. The largest absolute Gasteiger partial charge is 0.506 e. The molecule has 0 bridgehead atoms. The predicted molar refractivity (Wildman–Crippen MR) is 85.4 cm³/mol. The van der Waals surface area contributed by atoms with Crippen molar-refractivity contribution >= 4 is 28.4 Å².